The number of aromatic nitrogens is 1. The summed E-state index contributed by atoms with van der Waals surface area (Å²) in [6.45, 7) is 3.30. The molecule has 2 heterocycles. The first-order valence-corrected chi connectivity index (χ1v) is 6.18. The molecule has 4 nitrogen and oxygen atoms in total. The fourth-order valence-electron chi connectivity index (χ4n) is 1.95. The third-order valence-corrected chi connectivity index (χ3v) is 2.97. The van der Waals surface area contributed by atoms with E-state index < -0.39 is 0 Å². The molecule has 0 amide bonds. The van der Waals surface area contributed by atoms with Crippen molar-refractivity contribution in [2.45, 2.75) is 19.4 Å². The second-order valence-electron chi connectivity index (χ2n) is 4.38. The van der Waals surface area contributed by atoms with E-state index in [0.29, 0.717) is 5.92 Å². The fourth-order valence-corrected chi connectivity index (χ4v) is 1.95. The zero-order valence-corrected chi connectivity index (χ0v) is 10.3. The lowest BCUT2D eigenvalue weighted by molar-refractivity contribution is 0.0497. The van der Waals surface area contributed by atoms with Crippen molar-refractivity contribution in [3.8, 4) is 5.75 Å². The Kier molecular flexibility index (Phi) is 4.76. The molecule has 4 heteroatoms. The van der Waals surface area contributed by atoms with E-state index in [2.05, 4.69) is 10.3 Å². The fraction of sp³-hybridized carbons (Fsp3) is 0.615. The van der Waals surface area contributed by atoms with Crippen LogP contribution in [0.15, 0.2) is 18.3 Å². The van der Waals surface area contributed by atoms with Crippen LogP contribution >= 0.6 is 0 Å². The monoisotopic (exact) mass is 236 g/mol. The maximum absolute atomic E-state index is 5.81. The average molecular weight is 236 g/mol. The van der Waals surface area contributed by atoms with Crippen molar-refractivity contribution in [1.29, 1.82) is 0 Å². The van der Waals surface area contributed by atoms with Crippen LogP contribution in [0.3, 0.4) is 0 Å². The highest BCUT2D eigenvalue weighted by molar-refractivity contribution is 5.22. The molecule has 0 bridgehead atoms. The largest absolute Gasteiger partial charge is 0.493 e. The SMILES string of the molecule is CNCc1cc(OCC2CCOCC2)ccn1. The van der Waals surface area contributed by atoms with Gasteiger partial charge in [-0.15, -0.1) is 0 Å². The van der Waals surface area contributed by atoms with Crippen LogP contribution in [0.4, 0.5) is 0 Å². The molecule has 0 unspecified atom stereocenters. The number of rotatable bonds is 5. The molecule has 0 atom stereocenters. The number of ether oxygens (including phenoxy) is 2. The molecule has 1 aliphatic rings. The van der Waals surface area contributed by atoms with Crippen LogP contribution in [0.25, 0.3) is 0 Å². The van der Waals surface area contributed by atoms with Crippen LogP contribution in [-0.2, 0) is 11.3 Å². The van der Waals surface area contributed by atoms with E-state index in [9.17, 15) is 0 Å². The Morgan fingerprint density at radius 2 is 2.29 bits per heavy atom. The summed E-state index contributed by atoms with van der Waals surface area (Å²) in [6, 6.07) is 3.91. The first kappa shape index (κ1) is 12.3. The van der Waals surface area contributed by atoms with Gasteiger partial charge in [-0.25, -0.2) is 0 Å². The molecule has 2 rings (SSSR count). The number of hydrogen-bond acceptors (Lipinski definition) is 4. The van der Waals surface area contributed by atoms with Gasteiger partial charge in [-0.3, -0.25) is 4.98 Å². The van der Waals surface area contributed by atoms with Gasteiger partial charge in [0.25, 0.3) is 0 Å². The second-order valence-corrected chi connectivity index (χ2v) is 4.38. The lowest BCUT2D eigenvalue weighted by Crippen LogP contribution is -2.21. The maximum Gasteiger partial charge on any atom is 0.122 e. The van der Waals surface area contributed by atoms with Gasteiger partial charge >= 0.3 is 0 Å². The Balaban J connectivity index is 1.83. The van der Waals surface area contributed by atoms with Crippen molar-refractivity contribution >= 4 is 0 Å². The summed E-state index contributed by atoms with van der Waals surface area (Å²) in [4.78, 5) is 4.26. The lowest BCUT2D eigenvalue weighted by Gasteiger charge is -2.22. The molecular formula is C13H20N2O2. The van der Waals surface area contributed by atoms with Gasteiger partial charge in [0.2, 0.25) is 0 Å². The van der Waals surface area contributed by atoms with Gasteiger partial charge in [0.1, 0.15) is 5.75 Å². The van der Waals surface area contributed by atoms with E-state index >= 15 is 0 Å². The molecule has 94 valence electrons. The molecule has 1 aromatic heterocycles. The van der Waals surface area contributed by atoms with Gasteiger partial charge in [0, 0.05) is 32.0 Å². The van der Waals surface area contributed by atoms with E-state index in [1.165, 1.54) is 0 Å². The highest BCUT2D eigenvalue weighted by Gasteiger charge is 2.14. The normalized spacial score (nSPS) is 17.0. The smallest absolute Gasteiger partial charge is 0.122 e. The number of hydrogen-bond donors (Lipinski definition) is 1. The Bertz CT molecular complexity index is 338. The molecule has 0 spiro atoms. The lowest BCUT2D eigenvalue weighted by atomic mass is 10.0. The summed E-state index contributed by atoms with van der Waals surface area (Å²) in [5.74, 6) is 1.54. The molecule has 1 aromatic rings. The summed E-state index contributed by atoms with van der Waals surface area (Å²) in [5, 5.41) is 3.08. The summed E-state index contributed by atoms with van der Waals surface area (Å²) < 4.78 is 11.1. The van der Waals surface area contributed by atoms with E-state index in [0.717, 1.165) is 50.7 Å². The molecule has 0 saturated carbocycles. The maximum atomic E-state index is 5.81. The quantitative estimate of drug-likeness (QED) is 0.843. The van der Waals surface area contributed by atoms with E-state index in [1.54, 1.807) is 6.20 Å². The topological polar surface area (TPSA) is 43.4 Å². The van der Waals surface area contributed by atoms with Gasteiger partial charge in [-0.1, -0.05) is 0 Å². The van der Waals surface area contributed by atoms with Crippen LogP contribution in [0, 0.1) is 5.92 Å². The van der Waals surface area contributed by atoms with Crippen molar-refractivity contribution < 1.29 is 9.47 Å². The Morgan fingerprint density at radius 3 is 3.06 bits per heavy atom. The Labute approximate surface area is 102 Å². The van der Waals surface area contributed by atoms with E-state index in [4.69, 9.17) is 9.47 Å². The average Bonchev–Trinajstić information content (AvgIpc) is 2.39. The van der Waals surface area contributed by atoms with Crippen molar-refractivity contribution in [3.05, 3.63) is 24.0 Å². The first-order valence-electron chi connectivity index (χ1n) is 6.18. The van der Waals surface area contributed by atoms with Crippen molar-refractivity contribution in [2.24, 2.45) is 5.92 Å². The van der Waals surface area contributed by atoms with Crippen LogP contribution in [0.1, 0.15) is 18.5 Å². The van der Waals surface area contributed by atoms with Crippen LogP contribution in [0.5, 0.6) is 5.75 Å². The van der Waals surface area contributed by atoms with E-state index in [1.807, 2.05) is 19.2 Å². The summed E-state index contributed by atoms with van der Waals surface area (Å²) in [7, 11) is 1.91. The zero-order valence-electron chi connectivity index (χ0n) is 10.3. The van der Waals surface area contributed by atoms with Gasteiger partial charge in [-0.05, 0) is 31.9 Å². The molecular weight excluding hydrogens is 216 g/mol. The predicted octanol–water partition coefficient (Wildman–Crippen LogP) is 1.61. The minimum absolute atomic E-state index is 0.629. The third kappa shape index (κ3) is 3.98. The number of nitrogens with one attached hydrogen (secondary N) is 1. The van der Waals surface area contributed by atoms with Crippen molar-refractivity contribution in [2.75, 3.05) is 26.9 Å². The highest BCUT2D eigenvalue weighted by Crippen LogP contribution is 2.17. The minimum atomic E-state index is 0.629. The summed E-state index contributed by atoms with van der Waals surface area (Å²) in [6.07, 6.45) is 4.01. The van der Waals surface area contributed by atoms with Gasteiger partial charge in [0.15, 0.2) is 0 Å². The van der Waals surface area contributed by atoms with Crippen LogP contribution in [-0.4, -0.2) is 31.9 Å². The van der Waals surface area contributed by atoms with Crippen molar-refractivity contribution in [1.82, 2.24) is 10.3 Å². The van der Waals surface area contributed by atoms with Crippen LogP contribution in [0.2, 0.25) is 0 Å². The zero-order chi connectivity index (χ0) is 11.9. The minimum Gasteiger partial charge on any atom is -0.493 e. The van der Waals surface area contributed by atoms with Gasteiger partial charge in [0.05, 0.1) is 12.3 Å². The van der Waals surface area contributed by atoms with Crippen LogP contribution < -0.4 is 10.1 Å². The molecule has 1 fully saturated rings. The van der Waals surface area contributed by atoms with Gasteiger partial charge in [-0.2, -0.15) is 0 Å². The molecule has 0 aliphatic carbocycles. The first-order chi connectivity index (χ1) is 8.38. The third-order valence-electron chi connectivity index (χ3n) is 2.97. The standard InChI is InChI=1S/C13H20N2O2/c1-14-9-12-8-13(2-5-15-12)17-10-11-3-6-16-7-4-11/h2,5,8,11,14H,3-4,6-7,9-10H2,1H3. The molecule has 1 saturated heterocycles. The number of nitrogens with zero attached hydrogens (tertiary/aromatic N) is 1. The second kappa shape index (κ2) is 6.57. The predicted molar refractivity (Wildman–Crippen MR) is 66.0 cm³/mol. The summed E-state index contributed by atoms with van der Waals surface area (Å²) in [5.41, 5.74) is 1.01. The molecule has 0 aromatic carbocycles. The summed E-state index contributed by atoms with van der Waals surface area (Å²) >= 11 is 0. The Morgan fingerprint density at radius 1 is 1.47 bits per heavy atom. The highest BCUT2D eigenvalue weighted by atomic mass is 16.5. The molecule has 1 aliphatic heterocycles. The Hall–Kier alpha value is -1.13. The molecule has 1 N–H and O–H groups in total. The van der Waals surface area contributed by atoms with E-state index in [-0.39, 0.29) is 0 Å². The number of pyridine rings is 1. The molecule has 0 radical (unpaired) electrons. The van der Waals surface area contributed by atoms with Gasteiger partial charge < -0.3 is 14.8 Å². The molecule has 17 heavy (non-hydrogen) atoms. The van der Waals surface area contributed by atoms with Crippen molar-refractivity contribution in [3.63, 3.8) is 0 Å².